The molecule has 20 heavy (non-hydrogen) atoms. The normalized spacial score (nSPS) is 19.6. The fourth-order valence-electron chi connectivity index (χ4n) is 2.56. The summed E-state index contributed by atoms with van der Waals surface area (Å²) in [5.74, 6) is 0. The maximum atomic E-state index is 8.69. The Kier molecular flexibility index (Phi) is 2.92. The largest absolute Gasteiger partial charge is 0.325 e. The Labute approximate surface area is 122 Å². The van der Waals surface area contributed by atoms with Crippen LogP contribution in [-0.2, 0) is 0 Å². The smallest absolute Gasteiger partial charge is 0.0994 e. The molecule has 0 bridgehead atoms. The second-order valence-electron chi connectivity index (χ2n) is 5.15. The van der Waals surface area contributed by atoms with Gasteiger partial charge in [0.2, 0.25) is 0 Å². The molecule has 0 saturated carbocycles. The Bertz CT molecular complexity index is 679. The number of nitrogens with zero attached hydrogens (tertiary/aromatic N) is 2. The van der Waals surface area contributed by atoms with Gasteiger partial charge in [-0.1, -0.05) is 36.4 Å². The minimum absolute atomic E-state index is 0.464. The number of anilines is 2. The molecule has 0 saturated heterocycles. The van der Waals surface area contributed by atoms with Crippen molar-refractivity contribution in [1.82, 2.24) is 0 Å². The second-order valence-corrected chi connectivity index (χ2v) is 5.15. The van der Waals surface area contributed by atoms with E-state index < -0.39 is 6.64 Å². The van der Waals surface area contributed by atoms with Crippen molar-refractivity contribution in [1.29, 1.82) is 0 Å². The van der Waals surface area contributed by atoms with E-state index in [0.29, 0.717) is 0 Å². The Morgan fingerprint density at radius 3 is 2.10 bits per heavy atom. The minimum Gasteiger partial charge on any atom is -0.325 e. The molecule has 2 aromatic rings. The summed E-state index contributed by atoms with van der Waals surface area (Å²) in [6.07, 6.45) is 0. The maximum Gasteiger partial charge on any atom is 0.0994 e. The van der Waals surface area contributed by atoms with E-state index in [1.165, 1.54) is 5.56 Å². The van der Waals surface area contributed by atoms with E-state index in [9.17, 15) is 0 Å². The fourth-order valence-corrected chi connectivity index (χ4v) is 2.56. The van der Waals surface area contributed by atoms with E-state index in [-0.39, 0.29) is 0 Å². The lowest BCUT2D eigenvalue weighted by atomic mass is 10.2. The maximum absolute atomic E-state index is 8.69. The van der Waals surface area contributed by atoms with Crippen LogP contribution in [0.25, 0.3) is 0 Å². The van der Waals surface area contributed by atoms with Crippen LogP contribution in [0.5, 0.6) is 0 Å². The van der Waals surface area contributed by atoms with Gasteiger partial charge in [-0.15, -0.1) is 0 Å². The van der Waals surface area contributed by atoms with Gasteiger partial charge in [-0.3, -0.25) is 0 Å². The van der Waals surface area contributed by atoms with Crippen molar-refractivity contribution in [2.75, 3.05) is 16.4 Å². The molecule has 0 spiro atoms. The van der Waals surface area contributed by atoms with Crippen LogP contribution in [-0.4, -0.2) is 6.64 Å². The molecular formula is C18H20N2. The van der Waals surface area contributed by atoms with Gasteiger partial charge in [0.25, 0.3) is 0 Å². The third-order valence-electron chi connectivity index (χ3n) is 3.89. The highest BCUT2D eigenvalue weighted by Gasteiger charge is 2.25. The molecule has 0 fully saturated rings. The van der Waals surface area contributed by atoms with E-state index in [2.05, 4.69) is 54.8 Å². The molecule has 2 nitrogen and oxygen atoms in total. The van der Waals surface area contributed by atoms with Crippen LogP contribution < -0.4 is 9.80 Å². The topological polar surface area (TPSA) is 6.48 Å². The van der Waals surface area contributed by atoms with Crippen molar-refractivity contribution in [3.05, 3.63) is 71.6 Å². The van der Waals surface area contributed by atoms with Crippen molar-refractivity contribution in [3.63, 3.8) is 0 Å². The molecule has 0 aliphatic carbocycles. The third kappa shape index (κ3) is 2.07. The summed E-state index contributed by atoms with van der Waals surface area (Å²) < 4.78 is 8.69. The Hall–Kier alpha value is -2.22. The number of allylic oxidation sites excluding steroid dienone is 2. The van der Waals surface area contributed by atoms with E-state index in [1.54, 1.807) is 0 Å². The minimum atomic E-state index is -0.464. The zero-order valence-corrected chi connectivity index (χ0v) is 12.2. The Morgan fingerprint density at radius 2 is 1.40 bits per heavy atom. The number of hydrogen-bond acceptors (Lipinski definition) is 2. The monoisotopic (exact) mass is 265 g/mol. The first-order chi connectivity index (χ1) is 10.1. The Morgan fingerprint density at radius 1 is 0.800 bits per heavy atom. The van der Waals surface area contributed by atoms with Gasteiger partial charge >= 0.3 is 0 Å². The number of aryl methyl sites for hydroxylation is 1. The lowest BCUT2D eigenvalue weighted by molar-refractivity contribution is 0.934. The number of benzene rings is 2. The van der Waals surface area contributed by atoms with Crippen molar-refractivity contribution >= 4 is 11.4 Å². The molecule has 2 aromatic carbocycles. The van der Waals surface area contributed by atoms with Crippen molar-refractivity contribution < 1.29 is 1.37 Å². The summed E-state index contributed by atoms with van der Waals surface area (Å²) >= 11 is 0. The van der Waals surface area contributed by atoms with Gasteiger partial charge in [0, 0.05) is 22.8 Å². The molecule has 1 aliphatic rings. The summed E-state index contributed by atoms with van der Waals surface area (Å²) in [4.78, 5) is 4.17. The molecule has 1 atom stereocenters. The van der Waals surface area contributed by atoms with Crippen LogP contribution in [0.1, 0.15) is 20.8 Å². The van der Waals surface area contributed by atoms with E-state index in [1.807, 2.05) is 30.3 Å². The van der Waals surface area contributed by atoms with Crippen LogP contribution in [0.15, 0.2) is 66.0 Å². The van der Waals surface area contributed by atoms with Crippen LogP contribution in [0, 0.1) is 6.92 Å². The third-order valence-corrected chi connectivity index (χ3v) is 3.89. The molecule has 0 amide bonds. The highest BCUT2D eigenvalue weighted by molar-refractivity contribution is 5.66. The molecular weight excluding hydrogens is 244 g/mol. The zero-order valence-electron chi connectivity index (χ0n) is 13.2. The molecule has 1 heterocycles. The van der Waals surface area contributed by atoms with Gasteiger partial charge in [-0.2, -0.15) is 0 Å². The predicted molar refractivity (Wildman–Crippen MR) is 85.8 cm³/mol. The summed E-state index contributed by atoms with van der Waals surface area (Å²) in [6.45, 7) is 5.80. The van der Waals surface area contributed by atoms with Crippen LogP contribution >= 0.6 is 0 Å². The van der Waals surface area contributed by atoms with E-state index >= 15 is 0 Å². The predicted octanol–water partition coefficient (Wildman–Crippen LogP) is 4.53. The first-order valence-corrected chi connectivity index (χ1v) is 6.90. The molecule has 0 N–H and O–H groups in total. The lowest BCUT2D eigenvalue weighted by Gasteiger charge is -2.25. The van der Waals surface area contributed by atoms with Crippen molar-refractivity contribution in [2.45, 2.75) is 20.8 Å². The highest BCUT2D eigenvalue weighted by Crippen LogP contribution is 2.33. The van der Waals surface area contributed by atoms with Gasteiger partial charge in [0.1, 0.15) is 0 Å². The lowest BCUT2D eigenvalue weighted by Crippen LogP contribution is -2.27. The summed E-state index contributed by atoms with van der Waals surface area (Å²) in [5.41, 5.74) is 5.62. The van der Waals surface area contributed by atoms with Gasteiger partial charge in [0.05, 0.1) is 8.02 Å². The number of rotatable bonds is 2. The van der Waals surface area contributed by atoms with Crippen molar-refractivity contribution in [2.24, 2.45) is 0 Å². The first kappa shape index (κ1) is 11.6. The molecule has 1 unspecified atom stereocenters. The van der Waals surface area contributed by atoms with Crippen LogP contribution in [0.4, 0.5) is 11.4 Å². The van der Waals surface area contributed by atoms with E-state index in [4.69, 9.17) is 1.37 Å². The average Bonchev–Trinajstić information content (AvgIpc) is 2.71. The summed E-state index contributed by atoms with van der Waals surface area (Å²) in [6, 6.07) is 18.4. The number of hydrogen-bond donors (Lipinski definition) is 0. The van der Waals surface area contributed by atoms with Gasteiger partial charge < -0.3 is 9.80 Å². The fraction of sp³-hybridized carbons (Fsp3) is 0.222. The number of para-hydroxylation sites is 2. The Balaban J connectivity index is 2.05. The molecule has 2 heteroatoms. The summed E-state index contributed by atoms with van der Waals surface area (Å²) in [5, 5.41) is 0. The van der Waals surface area contributed by atoms with Gasteiger partial charge in [-0.05, 0) is 44.5 Å². The molecule has 102 valence electrons. The second kappa shape index (κ2) is 5.04. The van der Waals surface area contributed by atoms with Gasteiger partial charge in [-0.25, -0.2) is 0 Å². The highest BCUT2D eigenvalue weighted by atomic mass is 15.4. The molecule has 0 radical (unpaired) electrons. The molecule has 1 aliphatic heterocycles. The first-order valence-electron chi connectivity index (χ1n) is 7.48. The standard InChI is InChI=1S/C18H20N2/c1-14-9-7-8-12-18(14)20-13-19(15(2)16(20)3)17-10-5-4-6-11-17/h4-12H,13H2,1-3H3/i13D. The van der Waals surface area contributed by atoms with Crippen LogP contribution in [0.2, 0.25) is 0 Å². The summed E-state index contributed by atoms with van der Waals surface area (Å²) in [7, 11) is 0. The quantitative estimate of drug-likeness (QED) is 0.787. The van der Waals surface area contributed by atoms with Crippen LogP contribution in [0.3, 0.4) is 0 Å². The van der Waals surface area contributed by atoms with Crippen molar-refractivity contribution in [3.8, 4) is 0 Å². The average molecular weight is 265 g/mol. The molecule has 3 rings (SSSR count). The molecule has 0 aromatic heterocycles. The van der Waals surface area contributed by atoms with Gasteiger partial charge in [0.15, 0.2) is 0 Å². The zero-order chi connectivity index (χ0) is 15.0. The van der Waals surface area contributed by atoms with E-state index in [0.717, 1.165) is 22.8 Å². The SMILES string of the molecule is [2H]C1N(c2ccccc2)C(C)=C(C)N1c1ccccc1C.